The van der Waals surface area contributed by atoms with Crippen LogP contribution in [-0.2, 0) is 6.42 Å². The molecule has 0 saturated heterocycles. The van der Waals surface area contributed by atoms with Crippen LogP contribution in [0.15, 0.2) is 23.6 Å². The number of carbonyl (C=O) groups excluding carboxylic acids is 1. The number of carbonyl (C=O) groups is 1. The number of rotatable bonds is 8. The number of ether oxygens (including phenoxy) is 1. The molecule has 5 nitrogen and oxygen atoms in total. The first-order chi connectivity index (χ1) is 12.1. The van der Waals surface area contributed by atoms with Gasteiger partial charge in [-0.1, -0.05) is 6.07 Å². The average Bonchev–Trinajstić information content (AvgIpc) is 3.30. The molecule has 1 amide bonds. The van der Waals surface area contributed by atoms with Gasteiger partial charge in [0.05, 0.1) is 17.7 Å². The highest BCUT2D eigenvalue weighted by atomic mass is 35.5. The fourth-order valence-corrected chi connectivity index (χ4v) is 3.20. The van der Waals surface area contributed by atoms with E-state index in [-0.39, 0.29) is 30.1 Å². The molecular formula is C18H23ClFN3O2S. The Morgan fingerprint density at radius 3 is 2.92 bits per heavy atom. The Morgan fingerprint density at radius 1 is 1.50 bits per heavy atom. The summed E-state index contributed by atoms with van der Waals surface area (Å²) in [6.07, 6.45) is 2.97. The van der Waals surface area contributed by atoms with Crippen LogP contribution >= 0.6 is 23.7 Å². The third-order valence-corrected chi connectivity index (χ3v) is 5.03. The molecule has 1 aromatic heterocycles. The summed E-state index contributed by atoms with van der Waals surface area (Å²) in [5, 5.41) is 5.39. The minimum atomic E-state index is -0.405. The fraction of sp³-hybridized carbons (Fsp3) is 0.444. The predicted octanol–water partition coefficient (Wildman–Crippen LogP) is 3.49. The highest BCUT2D eigenvalue weighted by Gasteiger charge is 2.22. The third kappa shape index (κ3) is 5.40. The van der Waals surface area contributed by atoms with Crippen LogP contribution in [0.25, 0.3) is 0 Å². The number of hydrogen-bond acceptors (Lipinski definition) is 5. The molecule has 1 aliphatic rings. The molecule has 1 atom stereocenters. The predicted molar refractivity (Wildman–Crippen MR) is 103 cm³/mol. The third-order valence-electron chi connectivity index (χ3n) is 4.12. The lowest BCUT2D eigenvalue weighted by Crippen LogP contribution is -2.27. The Morgan fingerprint density at radius 2 is 2.27 bits per heavy atom. The lowest BCUT2D eigenvalue weighted by Gasteiger charge is -2.15. The van der Waals surface area contributed by atoms with E-state index in [1.54, 1.807) is 17.5 Å². The van der Waals surface area contributed by atoms with Crippen LogP contribution in [0.5, 0.6) is 5.75 Å². The maximum Gasteiger partial charge on any atom is 0.271 e. The van der Waals surface area contributed by atoms with Gasteiger partial charge in [0.1, 0.15) is 5.69 Å². The number of benzene rings is 1. The molecule has 3 N–H and O–H groups in total. The van der Waals surface area contributed by atoms with Crippen molar-refractivity contribution < 1.29 is 13.9 Å². The zero-order chi connectivity index (χ0) is 17.8. The van der Waals surface area contributed by atoms with Crippen molar-refractivity contribution in [2.75, 3.05) is 13.2 Å². The van der Waals surface area contributed by atoms with Crippen LogP contribution in [0.3, 0.4) is 0 Å². The molecule has 1 fully saturated rings. The minimum absolute atomic E-state index is 0. The van der Waals surface area contributed by atoms with E-state index < -0.39 is 5.82 Å². The molecule has 3 rings (SSSR count). The van der Waals surface area contributed by atoms with E-state index >= 15 is 0 Å². The van der Waals surface area contributed by atoms with Crippen LogP contribution < -0.4 is 15.8 Å². The van der Waals surface area contributed by atoms with Gasteiger partial charge in [-0.05, 0) is 49.9 Å². The summed E-state index contributed by atoms with van der Waals surface area (Å²) < 4.78 is 19.7. The van der Waals surface area contributed by atoms with Gasteiger partial charge in [-0.2, -0.15) is 0 Å². The van der Waals surface area contributed by atoms with E-state index in [0.717, 1.165) is 17.8 Å². The van der Waals surface area contributed by atoms with Crippen LogP contribution in [0.1, 0.15) is 46.9 Å². The molecule has 0 aliphatic heterocycles. The highest BCUT2D eigenvalue weighted by Crippen LogP contribution is 2.30. The van der Waals surface area contributed by atoms with E-state index in [4.69, 9.17) is 10.5 Å². The van der Waals surface area contributed by atoms with Gasteiger partial charge in [-0.3, -0.25) is 4.79 Å². The van der Waals surface area contributed by atoms with E-state index in [1.807, 2.05) is 6.92 Å². The Bertz CT molecular complexity index is 752. The Hall–Kier alpha value is -1.70. The standard InChI is InChI=1S/C18H22FN3O2S.ClH/c1-11(21-18(23)15-10-25-17(22-15)6-7-20)13-4-5-16(14(19)8-13)24-9-12-2-3-12;/h4-5,8,10-12H,2-3,6-7,9,20H2,1H3,(H,21,23);1H. The van der Waals surface area contributed by atoms with Gasteiger partial charge in [0.15, 0.2) is 11.6 Å². The summed E-state index contributed by atoms with van der Waals surface area (Å²) in [7, 11) is 0. The zero-order valence-electron chi connectivity index (χ0n) is 14.5. The molecule has 8 heteroatoms. The molecule has 0 radical (unpaired) electrons. The molecular weight excluding hydrogens is 377 g/mol. The molecule has 1 unspecified atom stereocenters. The molecule has 142 valence electrons. The van der Waals surface area contributed by atoms with Crippen molar-refractivity contribution in [3.05, 3.63) is 45.7 Å². The van der Waals surface area contributed by atoms with Gasteiger partial charge in [-0.15, -0.1) is 23.7 Å². The number of nitrogens with two attached hydrogens (primary N) is 1. The minimum Gasteiger partial charge on any atom is -0.490 e. The normalized spacial score (nSPS) is 14.4. The molecule has 26 heavy (non-hydrogen) atoms. The van der Waals surface area contributed by atoms with Crippen molar-refractivity contribution in [1.29, 1.82) is 0 Å². The Labute approximate surface area is 162 Å². The quantitative estimate of drug-likeness (QED) is 0.712. The number of halogens is 2. The van der Waals surface area contributed by atoms with Crippen molar-refractivity contribution >= 4 is 29.7 Å². The summed E-state index contributed by atoms with van der Waals surface area (Å²) in [5.41, 5.74) is 6.54. The first-order valence-corrected chi connectivity index (χ1v) is 9.32. The largest absolute Gasteiger partial charge is 0.490 e. The number of nitrogens with zero attached hydrogens (tertiary/aromatic N) is 1. The average molecular weight is 400 g/mol. The summed E-state index contributed by atoms with van der Waals surface area (Å²) in [6, 6.07) is 4.47. The number of aromatic nitrogens is 1. The van der Waals surface area contributed by atoms with E-state index in [2.05, 4.69) is 10.3 Å². The van der Waals surface area contributed by atoms with Crippen LogP contribution in [-0.4, -0.2) is 24.0 Å². The van der Waals surface area contributed by atoms with Gasteiger partial charge in [-0.25, -0.2) is 9.37 Å². The lowest BCUT2D eigenvalue weighted by molar-refractivity contribution is 0.0935. The van der Waals surface area contributed by atoms with Crippen molar-refractivity contribution in [2.45, 2.75) is 32.2 Å². The second-order valence-electron chi connectivity index (χ2n) is 6.30. The van der Waals surface area contributed by atoms with Crippen molar-refractivity contribution in [1.82, 2.24) is 10.3 Å². The summed E-state index contributed by atoms with van der Waals surface area (Å²) in [6.45, 7) is 2.88. The molecule has 1 heterocycles. The van der Waals surface area contributed by atoms with Crippen molar-refractivity contribution in [2.24, 2.45) is 11.7 Å². The highest BCUT2D eigenvalue weighted by molar-refractivity contribution is 7.09. The van der Waals surface area contributed by atoms with Gasteiger partial charge >= 0.3 is 0 Å². The second-order valence-corrected chi connectivity index (χ2v) is 7.25. The molecule has 1 saturated carbocycles. The van der Waals surface area contributed by atoms with E-state index in [0.29, 0.717) is 36.7 Å². The molecule has 1 aromatic carbocycles. The maximum atomic E-state index is 14.2. The number of thiazole rings is 1. The van der Waals surface area contributed by atoms with Crippen LogP contribution in [0.4, 0.5) is 4.39 Å². The Kier molecular flexibility index (Phi) is 7.37. The topological polar surface area (TPSA) is 77.2 Å². The van der Waals surface area contributed by atoms with Gasteiger partial charge in [0.25, 0.3) is 5.91 Å². The Balaban J connectivity index is 0.00000243. The van der Waals surface area contributed by atoms with Crippen molar-refractivity contribution in [3.63, 3.8) is 0 Å². The van der Waals surface area contributed by atoms with Crippen molar-refractivity contribution in [3.8, 4) is 5.75 Å². The van der Waals surface area contributed by atoms with E-state index in [1.165, 1.54) is 17.4 Å². The summed E-state index contributed by atoms with van der Waals surface area (Å²) in [4.78, 5) is 16.5. The monoisotopic (exact) mass is 399 g/mol. The number of nitrogens with one attached hydrogen (secondary N) is 1. The number of amides is 1. The fourth-order valence-electron chi connectivity index (χ4n) is 2.40. The van der Waals surface area contributed by atoms with Crippen LogP contribution in [0.2, 0.25) is 0 Å². The summed E-state index contributed by atoms with van der Waals surface area (Å²) >= 11 is 1.41. The maximum absolute atomic E-state index is 14.2. The second kappa shape index (κ2) is 9.30. The zero-order valence-corrected chi connectivity index (χ0v) is 16.2. The van der Waals surface area contributed by atoms with Gasteiger partial charge < -0.3 is 15.8 Å². The summed E-state index contributed by atoms with van der Waals surface area (Å²) in [5.74, 6) is 0.152. The lowest BCUT2D eigenvalue weighted by atomic mass is 10.1. The van der Waals surface area contributed by atoms with Gasteiger partial charge in [0, 0.05) is 11.8 Å². The first-order valence-electron chi connectivity index (χ1n) is 8.44. The molecule has 1 aliphatic carbocycles. The molecule has 0 spiro atoms. The van der Waals surface area contributed by atoms with E-state index in [9.17, 15) is 9.18 Å². The van der Waals surface area contributed by atoms with Crippen LogP contribution in [0, 0.1) is 11.7 Å². The smallest absolute Gasteiger partial charge is 0.271 e. The first kappa shape index (κ1) is 20.6. The molecule has 2 aromatic rings. The number of hydrogen-bond donors (Lipinski definition) is 2. The SMILES string of the molecule is CC(NC(=O)c1csc(CCN)n1)c1ccc(OCC2CC2)c(F)c1.Cl. The van der Waals surface area contributed by atoms with Gasteiger partial charge in [0.2, 0.25) is 0 Å². The molecule has 0 bridgehead atoms.